The van der Waals surface area contributed by atoms with E-state index in [1.165, 1.54) is 37.3 Å². The molecule has 1 amide bonds. The number of thiazole rings is 1. The van der Waals surface area contributed by atoms with E-state index in [4.69, 9.17) is 9.97 Å². The Morgan fingerprint density at radius 2 is 1.77 bits per heavy atom. The molecule has 8 rings (SSSR count). The van der Waals surface area contributed by atoms with Crippen LogP contribution in [0.3, 0.4) is 0 Å². The molecular formula is C29H33N7O2S. The normalized spacial score (nSPS) is 24.8. The first-order valence-corrected chi connectivity index (χ1v) is 15.1. The van der Waals surface area contributed by atoms with Gasteiger partial charge in [-0.2, -0.15) is 4.98 Å². The topological polar surface area (TPSA) is 86.1 Å². The molecule has 1 N–H and O–H groups in total. The predicted molar refractivity (Wildman–Crippen MR) is 154 cm³/mol. The van der Waals surface area contributed by atoms with Crippen molar-refractivity contribution in [1.82, 2.24) is 29.5 Å². The minimum absolute atomic E-state index is 0.0716. The van der Waals surface area contributed by atoms with Crippen molar-refractivity contribution in [3.8, 4) is 0 Å². The first-order valence-electron chi connectivity index (χ1n) is 14.2. The lowest BCUT2D eigenvalue weighted by atomic mass is 10.0. The van der Waals surface area contributed by atoms with Gasteiger partial charge in [0.1, 0.15) is 10.4 Å². The standard InChI is InChI=1S/C29H33N7O2S/c1-33-10-8-19(9-11-33)31-27(38)24-25(37)21-12-30-29(35-15-17-13-34(20-6-7-20)14-18(17)16-35)32-26(21)36-22-4-2-3-5-23(22)39-28(24)36/h2-5,12,17-20H,6-11,13-16H2,1H3,(H,31,38). The van der Waals surface area contributed by atoms with Gasteiger partial charge >= 0.3 is 0 Å². The quantitative estimate of drug-likeness (QED) is 0.424. The number of piperidine rings is 1. The number of carbonyl (C=O) groups excluding carboxylic acids is 1. The second-order valence-electron chi connectivity index (χ2n) is 12.0. The molecule has 39 heavy (non-hydrogen) atoms. The fourth-order valence-electron chi connectivity index (χ4n) is 6.98. The third-order valence-corrected chi connectivity index (χ3v) is 10.5. The van der Waals surface area contributed by atoms with Crippen LogP contribution < -0.4 is 15.6 Å². The molecule has 3 aliphatic heterocycles. The molecule has 3 aromatic heterocycles. The van der Waals surface area contributed by atoms with Gasteiger partial charge in [0.15, 0.2) is 5.65 Å². The van der Waals surface area contributed by atoms with Crippen LogP contribution in [-0.4, -0.2) is 88.5 Å². The molecule has 202 valence electrons. The first-order chi connectivity index (χ1) is 19.0. The van der Waals surface area contributed by atoms with E-state index < -0.39 is 0 Å². The van der Waals surface area contributed by atoms with E-state index >= 15 is 0 Å². The average Bonchev–Trinajstić information content (AvgIpc) is 3.43. The monoisotopic (exact) mass is 543 g/mol. The number of likely N-dealkylation sites (tertiary alicyclic amines) is 2. The van der Waals surface area contributed by atoms with E-state index in [0.29, 0.717) is 33.6 Å². The van der Waals surface area contributed by atoms with Crippen LogP contribution in [0.15, 0.2) is 35.3 Å². The Labute approximate surface area is 230 Å². The minimum atomic E-state index is -0.294. The molecule has 4 aromatic rings. The number of rotatable bonds is 4. The Bertz CT molecular complexity index is 1660. The molecule has 6 heterocycles. The summed E-state index contributed by atoms with van der Waals surface area (Å²) in [5, 5.41) is 3.56. The molecular weight excluding hydrogens is 510 g/mol. The van der Waals surface area contributed by atoms with Crippen molar-refractivity contribution in [2.45, 2.75) is 37.8 Å². The highest BCUT2D eigenvalue weighted by molar-refractivity contribution is 7.24. The molecule has 2 unspecified atom stereocenters. The number of para-hydroxylation sites is 1. The van der Waals surface area contributed by atoms with Crippen molar-refractivity contribution >= 4 is 49.3 Å². The Hall–Kier alpha value is -3.08. The zero-order valence-corrected chi connectivity index (χ0v) is 23.0. The van der Waals surface area contributed by atoms with Crippen LogP contribution in [0.25, 0.3) is 26.1 Å². The number of hydrogen-bond acceptors (Lipinski definition) is 8. The number of aromatic nitrogens is 3. The maximum Gasteiger partial charge on any atom is 0.258 e. The summed E-state index contributed by atoms with van der Waals surface area (Å²) in [5.41, 5.74) is 1.46. The SMILES string of the molecule is CN1CCC(NC(=O)c2c(=O)c3cnc(N4CC5CN(C6CC6)CC5C4)nc3n3c2sc2ccccc23)CC1. The van der Waals surface area contributed by atoms with Gasteiger partial charge in [-0.3, -0.25) is 18.9 Å². The number of anilines is 1. The summed E-state index contributed by atoms with van der Waals surface area (Å²) >= 11 is 1.48. The van der Waals surface area contributed by atoms with Crippen LogP contribution in [0.1, 0.15) is 36.0 Å². The third-order valence-electron chi connectivity index (χ3n) is 9.31. The van der Waals surface area contributed by atoms with Crippen molar-refractivity contribution in [2.24, 2.45) is 11.8 Å². The maximum absolute atomic E-state index is 13.9. The Morgan fingerprint density at radius 1 is 1.03 bits per heavy atom. The molecule has 3 saturated heterocycles. The molecule has 4 aliphatic rings. The molecule has 9 nitrogen and oxygen atoms in total. The lowest BCUT2D eigenvalue weighted by Gasteiger charge is -2.29. The zero-order valence-electron chi connectivity index (χ0n) is 22.2. The summed E-state index contributed by atoms with van der Waals surface area (Å²) < 4.78 is 3.03. The van der Waals surface area contributed by atoms with Crippen molar-refractivity contribution < 1.29 is 4.79 Å². The molecule has 0 spiro atoms. The van der Waals surface area contributed by atoms with Crippen molar-refractivity contribution in [2.75, 3.05) is 51.2 Å². The summed E-state index contributed by atoms with van der Waals surface area (Å²) in [6.45, 7) is 6.14. The van der Waals surface area contributed by atoms with Crippen molar-refractivity contribution in [1.29, 1.82) is 0 Å². The number of nitrogens with zero attached hydrogens (tertiary/aromatic N) is 6. The van der Waals surface area contributed by atoms with Crippen molar-refractivity contribution in [3.05, 3.63) is 46.2 Å². The molecule has 1 aromatic carbocycles. The van der Waals surface area contributed by atoms with E-state index in [1.54, 1.807) is 6.20 Å². The number of amides is 1. The van der Waals surface area contributed by atoms with E-state index in [9.17, 15) is 9.59 Å². The molecule has 1 aliphatic carbocycles. The highest BCUT2D eigenvalue weighted by Crippen LogP contribution is 2.39. The molecule has 0 radical (unpaired) electrons. The van der Waals surface area contributed by atoms with Crippen LogP contribution in [0.2, 0.25) is 0 Å². The average molecular weight is 544 g/mol. The highest BCUT2D eigenvalue weighted by atomic mass is 32.1. The number of benzene rings is 1. The Balaban J connectivity index is 1.20. The summed E-state index contributed by atoms with van der Waals surface area (Å²) in [6.07, 6.45) is 6.13. The van der Waals surface area contributed by atoms with Crippen LogP contribution >= 0.6 is 11.3 Å². The molecule has 2 atom stereocenters. The van der Waals surface area contributed by atoms with Gasteiger partial charge in [0, 0.05) is 44.5 Å². The van der Waals surface area contributed by atoms with E-state index in [-0.39, 0.29) is 22.9 Å². The largest absolute Gasteiger partial charge is 0.349 e. The second-order valence-corrected chi connectivity index (χ2v) is 13.0. The van der Waals surface area contributed by atoms with Crippen LogP contribution in [0, 0.1) is 11.8 Å². The predicted octanol–water partition coefficient (Wildman–Crippen LogP) is 2.81. The highest BCUT2D eigenvalue weighted by Gasteiger charge is 2.45. The van der Waals surface area contributed by atoms with E-state index in [0.717, 1.165) is 55.3 Å². The number of nitrogens with one attached hydrogen (secondary N) is 1. The van der Waals surface area contributed by atoms with E-state index in [1.807, 2.05) is 28.7 Å². The van der Waals surface area contributed by atoms with E-state index in [2.05, 4.69) is 27.1 Å². The second kappa shape index (κ2) is 8.97. The van der Waals surface area contributed by atoms with Crippen LogP contribution in [0.5, 0.6) is 0 Å². The Kier molecular flexibility index (Phi) is 5.47. The lowest BCUT2D eigenvalue weighted by molar-refractivity contribution is 0.0917. The smallest absolute Gasteiger partial charge is 0.258 e. The molecule has 10 heteroatoms. The number of fused-ring (bicyclic) bond motifs is 6. The lowest BCUT2D eigenvalue weighted by Crippen LogP contribution is -2.44. The third kappa shape index (κ3) is 3.95. The number of pyridine rings is 1. The van der Waals surface area contributed by atoms with Gasteiger partial charge in [-0.25, -0.2) is 4.98 Å². The maximum atomic E-state index is 13.9. The molecule has 1 saturated carbocycles. The van der Waals surface area contributed by atoms with Gasteiger partial charge in [0.05, 0.1) is 15.6 Å². The van der Waals surface area contributed by atoms with Gasteiger partial charge < -0.3 is 15.1 Å². The fraction of sp³-hybridized carbons (Fsp3) is 0.517. The van der Waals surface area contributed by atoms with Gasteiger partial charge in [0.25, 0.3) is 5.91 Å². The van der Waals surface area contributed by atoms with Crippen molar-refractivity contribution in [3.63, 3.8) is 0 Å². The fourth-order valence-corrected chi connectivity index (χ4v) is 8.16. The van der Waals surface area contributed by atoms with Gasteiger partial charge in [-0.15, -0.1) is 11.3 Å². The van der Waals surface area contributed by atoms with Crippen LogP contribution in [-0.2, 0) is 0 Å². The first kappa shape index (κ1) is 23.8. The van der Waals surface area contributed by atoms with Gasteiger partial charge in [0.2, 0.25) is 11.4 Å². The summed E-state index contributed by atoms with van der Waals surface area (Å²) in [5.74, 6) is 1.69. The van der Waals surface area contributed by atoms with Gasteiger partial charge in [-0.1, -0.05) is 12.1 Å². The summed E-state index contributed by atoms with van der Waals surface area (Å²) in [4.78, 5) is 45.1. The zero-order chi connectivity index (χ0) is 26.2. The Morgan fingerprint density at radius 3 is 2.51 bits per heavy atom. The molecule has 4 fully saturated rings. The number of carbonyl (C=O) groups is 1. The molecule has 0 bridgehead atoms. The number of hydrogen-bond donors (Lipinski definition) is 1. The minimum Gasteiger partial charge on any atom is -0.349 e. The summed E-state index contributed by atoms with van der Waals surface area (Å²) in [6, 6.07) is 8.95. The van der Waals surface area contributed by atoms with Gasteiger partial charge in [-0.05, 0) is 69.8 Å². The van der Waals surface area contributed by atoms with Crippen LogP contribution in [0.4, 0.5) is 5.95 Å². The summed E-state index contributed by atoms with van der Waals surface area (Å²) in [7, 11) is 2.10.